The van der Waals surface area contributed by atoms with Crippen molar-refractivity contribution in [3.05, 3.63) is 0 Å². The van der Waals surface area contributed by atoms with Gasteiger partial charge in [-0.3, -0.25) is 4.90 Å². The van der Waals surface area contributed by atoms with Crippen LogP contribution in [0.25, 0.3) is 0 Å². The molecule has 0 unspecified atom stereocenters. The summed E-state index contributed by atoms with van der Waals surface area (Å²) < 4.78 is 0. The minimum atomic E-state index is 0.333. The van der Waals surface area contributed by atoms with Crippen molar-refractivity contribution in [3.8, 4) is 0 Å². The quantitative estimate of drug-likeness (QED) is 0.780. The molecule has 2 aliphatic heterocycles. The van der Waals surface area contributed by atoms with Gasteiger partial charge in [-0.05, 0) is 43.7 Å². The van der Waals surface area contributed by atoms with E-state index in [1.165, 1.54) is 50.2 Å². The summed E-state index contributed by atoms with van der Waals surface area (Å²) in [7, 11) is 0. The standard InChI is InChI=1S/C13H26N2OS/c16-11-13-3-1-2-7-15(13)8-6-14-12-4-9-17-10-5-12/h12-14,16H,1-11H2/t13-/m0/s1. The lowest BCUT2D eigenvalue weighted by atomic mass is 10.0. The van der Waals surface area contributed by atoms with Crippen molar-refractivity contribution in [2.24, 2.45) is 0 Å². The van der Waals surface area contributed by atoms with E-state index in [9.17, 15) is 5.11 Å². The highest BCUT2D eigenvalue weighted by Gasteiger charge is 2.21. The van der Waals surface area contributed by atoms with Gasteiger partial charge in [-0.1, -0.05) is 6.42 Å². The van der Waals surface area contributed by atoms with E-state index in [0.29, 0.717) is 12.6 Å². The summed E-state index contributed by atoms with van der Waals surface area (Å²) in [5.74, 6) is 2.64. The number of likely N-dealkylation sites (tertiary alicyclic amines) is 1. The molecule has 100 valence electrons. The molecule has 0 aliphatic carbocycles. The molecule has 1 atom stereocenters. The molecule has 3 nitrogen and oxygen atoms in total. The number of rotatable bonds is 5. The van der Waals surface area contributed by atoms with Gasteiger partial charge in [0.1, 0.15) is 0 Å². The zero-order chi connectivity index (χ0) is 11.9. The molecule has 0 aromatic rings. The van der Waals surface area contributed by atoms with Crippen molar-refractivity contribution >= 4 is 11.8 Å². The van der Waals surface area contributed by atoms with Crippen molar-refractivity contribution in [3.63, 3.8) is 0 Å². The lowest BCUT2D eigenvalue weighted by Gasteiger charge is -2.35. The van der Waals surface area contributed by atoms with E-state index in [-0.39, 0.29) is 0 Å². The second-order valence-corrected chi connectivity index (χ2v) is 6.43. The van der Waals surface area contributed by atoms with Gasteiger partial charge in [0.25, 0.3) is 0 Å². The summed E-state index contributed by atoms with van der Waals surface area (Å²) in [4.78, 5) is 2.47. The monoisotopic (exact) mass is 258 g/mol. The molecule has 0 amide bonds. The van der Waals surface area contributed by atoms with E-state index in [1.54, 1.807) is 0 Å². The van der Waals surface area contributed by atoms with Crippen LogP contribution in [-0.4, -0.2) is 59.8 Å². The lowest BCUT2D eigenvalue weighted by Crippen LogP contribution is -2.46. The van der Waals surface area contributed by atoms with Crippen LogP contribution in [0.15, 0.2) is 0 Å². The molecule has 0 saturated carbocycles. The fourth-order valence-corrected chi connectivity index (χ4v) is 3.98. The highest BCUT2D eigenvalue weighted by atomic mass is 32.2. The van der Waals surface area contributed by atoms with Crippen LogP contribution in [0.5, 0.6) is 0 Å². The summed E-state index contributed by atoms with van der Waals surface area (Å²) in [6, 6.07) is 1.17. The number of piperidine rings is 1. The molecule has 2 heterocycles. The maximum absolute atomic E-state index is 9.34. The van der Waals surface area contributed by atoms with E-state index in [0.717, 1.165) is 19.1 Å². The molecule has 0 spiro atoms. The van der Waals surface area contributed by atoms with Gasteiger partial charge in [0.15, 0.2) is 0 Å². The van der Waals surface area contributed by atoms with Gasteiger partial charge < -0.3 is 10.4 Å². The first-order chi connectivity index (χ1) is 8.40. The number of nitrogens with zero attached hydrogens (tertiary/aromatic N) is 1. The molecular weight excluding hydrogens is 232 g/mol. The highest BCUT2D eigenvalue weighted by Crippen LogP contribution is 2.18. The predicted molar refractivity (Wildman–Crippen MR) is 74.6 cm³/mol. The van der Waals surface area contributed by atoms with Crippen molar-refractivity contribution in [2.45, 2.75) is 44.2 Å². The largest absolute Gasteiger partial charge is 0.395 e. The molecule has 2 saturated heterocycles. The van der Waals surface area contributed by atoms with Gasteiger partial charge >= 0.3 is 0 Å². The van der Waals surface area contributed by atoms with Crippen LogP contribution in [0, 0.1) is 0 Å². The molecule has 0 aromatic heterocycles. The van der Waals surface area contributed by atoms with Crippen molar-refractivity contribution in [1.82, 2.24) is 10.2 Å². The molecular formula is C13H26N2OS. The first-order valence-corrected chi connectivity index (χ1v) is 8.21. The first kappa shape index (κ1) is 13.7. The molecule has 17 heavy (non-hydrogen) atoms. The molecule has 0 bridgehead atoms. The first-order valence-electron chi connectivity index (χ1n) is 7.06. The van der Waals surface area contributed by atoms with Crippen LogP contribution in [-0.2, 0) is 0 Å². The smallest absolute Gasteiger partial charge is 0.0586 e. The number of hydrogen-bond acceptors (Lipinski definition) is 4. The average Bonchev–Trinajstić information content (AvgIpc) is 2.40. The molecule has 2 rings (SSSR count). The van der Waals surface area contributed by atoms with Crippen LogP contribution < -0.4 is 5.32 Å². The Morgan fingerprint density at radius 2 is 2.00 bits per heavy atom. The SMILES string of the molecule is OC[C@@H]1CCCCN1CCNC1CCSCC1. The lowest BCUT2D eigenvalue weighted by molar-refractivity contribution is 0.0902. The van der Waals surface area contributed by atoms with Gasteiger partial charge in [0, 0.05) is 25.2 Å². The summed E-state index contributed by atoms with van der Waals surface area (Å²) in [6.45, 7) is 3.70. The Morgan fingerprint density at radius 1 is 1.18 bits per heavy atom. The van der Waals surface area contributed by atoms with E-state index in [2.05, 4.69) is 22.0 Å². The van der Waals surface area contributed by atoms with Gasteiger partial charge in [0.05, 0.1) is 6.61 Å². The summed E-state index contributed by atoms with van der Waals surface area (Å²) in [5, 5.41) is 13.0. The summed E-state index contributed by atoms with van der Waals surface area (Å²) in [6.07, 6.45) is 6.42. The Bertz CT molecular complexity index is 210. The maximum Gasteiger partial charge on any atom is 0.0586 e. The fourth-order valence-electron chi connectivity index (χ4n) is 2.88. The Kier molecular flexibility index (Phi) is 6.12. The minimum Gasteiger partial charge on any atom is -0.395 e. The van der Waals surface area contributed by atoms with Crippen molar-refractivity contribution in [2.75, 3.05) is 37.7 Å². The summed E-state index contributed by atoms with van der Waals surface area (Å²) in [5.41, 5.74) is 0. The second-order valence-electron chi connectivity index (χ2n) is 5.21. The van der Waals surface area contributed by atoms with E-state index >= 15 is 0 Å². The van der Waals surface area contributed by atoms with Crippen molar-refractivity contribution in [1.29, 1.82) is 0 Å². The fraction of sp³-hybridized carbons (Fsp3) is 1.00. The number of aliphatic hydroxyl groups is 1. The van der Waals surface area contributed by atoms with Crippen LogP contribution in [0.4, 0.5) is 0 Å². The minimum absolute atomic E-state index is 0.333. The predicted octanol–water partition coefficient (Wildman–Crippen LogP) is 1.32. The third kappa shape index (κ3) is 4.43. The van der Waals surface area contributed by atoms with Crippen LogP contribution in [0.2, 0.25) is 0 Å². The van der Waals surface area contributed by atoms with E-state index in [1.807, 2.05) is 0 Å². The Balaban J connectivity index is 1.62. The molecule has 2 N–H and O–H groups in total. The Hall–Kier alpha value is 0.230. The van der Waals surface area contributed by atoms with E-state index < -0.39 is 0 Å². The van der Waals surface area contributed by atoms with Gasteiger partial charge in [-0.15, -0.1) is 0 Å². The number of nitrogens with one attached hydrogen (secondary N) is 1. The van der Waals surface area contributed by atoms with Crippen LogP contribution >= 0.6 is 11.8 Å². The third-order valence-corrected chi connectivity index (χ3v) is 5.06. The number of hydrogen-bond donors (Lipinski definition) is 2. The topological polar surface area (TPSA) is 35.5 Å². The average molecular weight is 258 g/mol. The highest BCUT2D eigenvalue weighted by molar-refractivity contribution is 7.99. The Labute approximate surface area is 109 Å². The number of aliphatic hydroxyl groups excluding tert-OH is 1. The molecule has 2 fully saturated rings. The number of thioether (sulfide) groups is 1. The molecule has 4 heteroatoms. The third-order valence-electron chi connectivity index (χ3n) is 4.01. The van der Waals surface area contributed by atoms with Crippen molar-refractivity contribution < 1.29 is 5.11 Å². The molecule has 0 aromatic carbocycles. The zero-order valence-electron chi connectivity index (χ0n) is 10.7. The summed E-state index contributed by atoms with van der Waals surface area (Å²) >= 11 is 2.08. The maximum atomic E-state index is 9.34. The zero-order valence-corrected chi connectivity index (χ0v) is 11.6. The normalized spacial score (nSPS) is 28.4. The van der Waals surface area contributed by atoms with E-state index in [4.69, 9.17) is 0 Å². The Morgan fingerprint density at radius 3 is 2.76 bits per heavy atom. The van der Waals surface area contributed by atoms with Crippen LogP contribution in [0.1, 0.15) is 32.1 Å². The molecule has 2 aliphatic rings. The van der Waals surface area contributed by atoms with Crippen LogP contribution in [0.3, 0.4) is 0 Å². The second kappa shape index (κ2) is 7.62. The van der Waals surface area contributed by atoms with Gasteiger partial charge in [-0.2, -0.15) is 11.8 Å². The van der Waals surface area contributed by atoms with Gasteiger partial charge in [0.2, 0.25) is 0 Å². The molecule has 0 radical (unpaired) electrons. The van der Waals surface area contributed by atoms with Gasteiger partial charge in [-0.25, -0.2) is 0 Å².